The molecule has 0 bridgehead atoms. The van der Waals surface area contributed by atoms with Gasteiger partial charge in [-0.3, -0.25) is 0 Å². The van der Waals surface area contributed by atoms with E-state index in [0.717, 1.165) is 18.5 Å². The number of hydrogen-bond acceptors (Lipinski definition) is 3. The highest BCUT2D eigenvalue weighted by Crippen LogP contribution is 2.17. The van der Waals surface area contributed by atoms with E-state index in [1.54, 1.807) is 0 Å². The van der Waals surface area contributed by atoms with E-state index in [1.807, 2.05) is 18.8 Å². The van der Waals surface area contributed by atoms with Crippen molar-refractivity contribution < 1.29 is 0 Å². The third-order valence-corrected chi connectivity index (χ3v) is 4.20. The van der Waals surface area contributed by atoms with E-state index in [1.165, 1.54) is 23.5 Å². The lowest BCUT2D eigenvalue weighted by atomic mass is 10.1. The average molecular weight is 277 g/mol. The van der Waals surface area contributed by atoms with Gasteiger partial charge in [-0.1, -0.05) is 12.1 Å². The van der Waals surface area contributed by atoms with Crippen LogP contribution in [0, 0.1) is 0 Å². The second kappa shape index (κ2) is 6.96. The molecule has 0 radical (unpaired) electrons. The number of fused-ring (bicyclic) bond motifs is 1. The lowest BCUT2D eigenvalue weighted by Crippen LogP contribution is -2.29. The molecule has 0 spiro atoms. The summed E-state index contributed by atoms with van der Waals surface area (Å²) in [5.41, 5.74) is 2.36. The summed E-state index contributed by atoms with van der Waals surface area (Å²) >= 11 is 1.90. The topological polar surface area (TPSA) is 29.9 Å². The summed E-state index contributed by atoms with van der Waals surface area (Å²) in [7, 11) is 2.05. The van der Waals surface area contributed by atoms with Gasteiger partial charge in [0.2, 0.25) is 0 Å². The van der Waals surface area contributed by atoms with E-state index >= 15 is 0 Å². The maximum Gasteiger partial charge on any atom is 0.111 e. The van der Waals surface area contributed by atoms with Crippen molar-refractivity contribution in [1.82, 2.24) is 14.9 Å². The van der Waals surface area contributed by atoms with Crippen LogP contribution in [0.3, 0.4) is 0 Å². The summed E-state index contributed by atoms with van der Waals surface area (Å²) in [6.07, 6.45) is 4.35. The number of nitrogens with one attached hydrogen (secondary N) is 1. The van der Waals surface area contributed by atoms with Gasteiger partial charge in [0.1, 0.15) is 5.82 Å². The van der Waals surface area contributed by atoms with E-state index in [0.29, 0.717) is 6.04 Å². The quantitative estimate of drug-likeness (QED) is 0.844. The molecular formula is C15H23N3S. The van der Waals surface area contributed by atoms with Gasteiger partial charge in [0.25, 0.3) is 0 Å². The normalized spacial score (nSPS) is 13.0. The first-order chi connectivity index (χ1) is 9.30. The van der Waals surface area contributed by atoms with Gasteiger partial charge in [0.15, 0.2) is 0 Å². The molecule has 19 heavy (non-hydrogen) atoms. The summed E-state index contributed by atoms with van der Waals surface area (Å²) in [6.45, 7) is 3.17. The Balaban J connectivity index is 2.23. The number of para-hydroxylation sites is 2. The van der Waals surface area contributed by atoms with Gasteiger partial charge in [-0.2, -0.15) is 11.8 Å². The van der Waals surface area contributed by atoms with Crippen LogP contribution in [-0.4, -0.2) is 34.6 Å². The fraction of sp³-hybridized carbons (Fsp3) is 0.533. The van der Waals surface area contributed by atoms with Crippen molar-refractivity contribution in [3.8, 4) is 0 Å². The van der Waals surface area contributed by atoms with Gasteiger partial charge < -0.3 is 9.88 Å². The predicted molar refractivity (Wildman–Crippen MR) is 85.0 cm³/mol. The SMILES string of the molecule is CCn1c(CC(CCSC)NC)nc2ccccc21. The van der Waals surface area contributed by atoms with Gasteiger partial charge in [0, 0.05) is 19.0 Å². The molecule has 0 aliphatic carbocycles. The number of hydrogen-bond donors (Lipinski definition) is 1. The molecule has 2 aromatic rings. The summed E-state index contributed by atoms with van der Waals surface area (Å²) in [5.74, 6) is 2.39. The average Bonchev–Trinajstić information content (AvgIpc) is 2.80. The van der Waals surface area contributed by atoms with Crippen LogP contribution in [0.25, 0.3) is 11.0 Å². The summed E-state index contributed by atoms with van der Waals surface area (Å²) < 4.78 is 2.33. The Morgan fingerprint density at radius 1 is 1.37 bits per heavy atom. The van der Waals surface area contributed by atoms with Gasteiger partial charge in [0.05, 0.1) is 11.0 Å². The summed E-state index contributed by atoms with van der Waals surface area (Å²) in [4.78, 5) is 4.80. The van der Waals surface area contributed by atoms with Crippen LogP contribution >= 0.6 is 11.8 Å². The molecular weight excluding hydrogens is 254 g/mol. The second-order valence-corrected chi connectivity index (χ2v) is 5.72. The number of nitrogens with zero attached hydrogens (tertiary/aromatic N) is 2. The van der Waals surface area contributed by atoms with Crippen LogP contribution in [0.4, 0.5) is 0 Å². The predicted octanol–water partition coefficient (Wildman–Crippen LogP) is 2.94. The zero-order chi connectivity index (χ0) is 13.7. The fourth-order valence-corrected chi connectivity index (χ4v) is 2.98. The Labute approximate surface area is 119 Å². The van der Waals surface area contributed by atoms with E-state index in [9.17, 15) is 0 Å². The van der Waals surface area contributed by atoms with Gasteiger partial charge in [-0.05, 0) is 44.5 Å². The number of rotatable bonds is 7. The van der Waals surface area contributed by atoms with Crippen molar-refractivity contribution in [2.75, 3.05) is 19.1 Å². The Kier molecular flexibility index (Phi) is 5.28. The highest BCUT2D eigenvalue weighted by Gasteiger charge is 2.14. The zero-order valence-electron chi connectivity index (χ0n) is 12.0. The number of likely N-dealkylation sites (N-methyl/N-ethyl adjacent to an activating group) is 1. The summed E-state index contributed by atoms with van der Waals surface area (Å²) in [6, 6.07) is 8.91. The van der Waals surface area contributed by atoms with Crippen molar-refractivity contribution in [2.24, 2.45) is 0 Å². The molecule has 0 amide bonds. The number of benzene rings is 1. The number of aromatic nitrogens is 2. The highest BCUT2D eigenvalue weighted by molar-refractivity contribution is 7.98. The molecule has 0 saturated carbocycles. The molecule has 0 aliphatic heterocycles. The maximum absolute atomic E-state index is 4.80. The molecule has 0 saturated heterocycles. The van der Waals surface area contributed by atoms with E-state index in [4.69, 9.17) is 4.98 Å². The monoisotopic (exact) mass is 277 g/mol. The number of thioether (sulfide) groups is 1. The molecule has 1 aromatic heterocycles. The second-order valence-electron chi connectivity index (χ2n) is 4.73. The number of imidazole rings is 1. The fourth-order valence-electron chi connectivity index (χ4n) is 2.46. The minimum Gasteiger partial charge on any atom is -0.328 e. The Hall–Kier alpha value is -1.00. The molecule has 0 aliphatic rings. The van der Waals surface area contributed by atoms with Crippen molar-refractivity contribution in [2.45, 2.75) is 32.4 Å². The lowest BCUT2D eigenvalue weighted by Gasteiger charge is -2.16. The van der Waals surface area contributed by atoms with Crippen molar-refractivity contribution >= 4 is 22.8 Å². The van der Waals surface area contributed by atoms with Crippen LogP contribution < -0.4 is 5.32 Å². The molecule has 1 atom stereocenters. The van der Waals surface area contributed by atoms with Gasteiger partial charge in [-0.15, -0.1) is 0 Å². The van der Waals surface area contributed by atoms with Crippen LogP contribution in [0.5, 0.6) is 0 Å². The minimum atomic E-state index is 0.509. The molecule has 1 aromatic carbocycles. The Bertz CT molecular complexity index is 521. The number of aryl methyl sites for hydroxylation is 1. The van der Waals surface area contributed by atoms with Crippen molar-refractivity contribution in [1.29, 1.82) is 0 Å². The molecule has 1 heterocycles. The van der Waals surface area contributed by atoms with Crippen molar-refractivity contribution in [3.05, 3.63) is 30.1 Å². The van der Waals surface area contributed by atoms with Gasteiger partial charge >= 0.3 is 0 Å². The largest absolute Gasteiger partial charge is 0.328 e. The van der Waals surface area contributed by atoms with Crippen LogP contribution in [0.2, 0.25) is 0 Å². The third kappa shape index (κ3) is 3.31. The van der Waals surface area contributed by atoms with Crippen LogP contribution in [0.1, 0.15) is 19.2 Å². The van der Waals surface area contributed by atoms with Crippen molar-refractivity contribution in [3.63, 3.8) is 0 Å². The van der Waals surface area contributed by atoms with Crippen LogP contribution in [-0.2, 0) is 13.0 Å². The first-order valence-corrected chi connectivity index (χ1v) is 8.29. The maximum atomic E-state index is 4.80. The molecule has 1 N–H and O–H groups in total. The standard InChI is InChI=1S/C15H23N3S/c1-4-18-14-8-6-5-7-13(14)17-15(18)11-12(16-2)9-10-19-3/h5-8,12,16H,4,9-11H2,1-3H3. The Morgan fingerprint density at radius 3 is 2.84 bits per heavy atom. The van der Waals surface area contributed by atoms with Gasteiger partial charge in [-0.25, -0.2) is 4.98 Å². The summed E-state index contributed by atoms with van der Waals surface area (Å²) in [5, 5.41) is 3.41. The molecule has 104 valence electrons. The minimum absolute atomic E-state index is 0.509. The zero-order valence-corrected chi connectivity index (χ0v) is 12.8. The molecule has 4 heteroatoms. The van der Waals surface area contributed by atoms with E-state index in [2.05, 4.69) is 47.3 Å². The first-order valence-electron chi connectivity index (χ1n) is 6.90. The molecule has 2 rings (SSSR count). The highest BCUT2D eigenvalue weighted by atomic mass is 32.2. The first kappa shape index (κ1) is 14.4. The molecule has 3 nitrogen and oxygen atoms in total. The molecule has 1 unspecified atom stereocenters. The van der Waals surface area contributed by atoms with Crippen LogP contribution in [0.15, 0.2) is 24.3 Å². The third-order valence-electron chi connectivity index (χ3n) is 3.56. The smallest absolute Gasteiger partial charge is 0.111 e. The molecule has 0 fully saturated rings. The Morgan fingerprint density at radius 2 is 2.16 bits per heavy atom. The lowest BCUT2D eigenvalue weighted by molar-refractivity contribution is 0.521. The van der Waals surface area contributed by atoms with E-state index < -0.39 is 0 Å². The van der Waals surface area contributed by atoms with E-state index in [-0.39, 0.29) is 0 Å².